The Bertz CT molecular complexity index is 574. The maximum absolute atomic E-state index is 5.97. The standard InChI is InChI=1S/C14H16BrN3O/c1-18(14-13(16)7-11(15)8-17-14)9-10-4-3-5-12(6-10)19-2/h3-8H,9,16H2,1-2H3. The van der Waals surface area contributed by atoms with Crippen LogP contribution in [0.1, 0.15) is 5.56 Å². The van der Waals surface area contributed by atoms with Crippen LogP contribution in [0.15, 0.2) is 41.0 Å². The van der Waals surface area contributed by atoms with Crippen molar-refractivity contribution < 1.29 is 4.74 Å². The predicted octanol–water partition coefficient (Wildman–Crippen LogP) is 3.07. The Kier molecular flexibility index (Phi) is 4.27. The first-order valence-electron chi connectivity index (χ1n) is 5.85. The van der Waals surface area contributed by atoms with Gasteiger partial charge in [0.15, 0.2) is 5.82 Å². The predicted molar refractivity (Wildman–Crippen MR) is 81.5 cm³/mol. The molecule has 0 spiro atoms. The topological polar surface area (TPSA) is 51.4 Å². The zero-order valence-corrected chi connectivity index (χ0v) is 12.5. The van der Waals surface area contributed by atoms with E-state index in [9.17, 15) is 0 Å². The summed E-state index contributed by atoms with van der Waals surface area (Å²) in [5.74, 6) is 1.62. The molecule has 2 aromatic rings. The summed E-state index contributed by atoms with van der Waals surface area (Å²) in [6.45, 7) is 0.718. The number of aromatic nitrogens is 1. The van der Waals surface area contributed by atoms with Crippen LogP contribution in [0.2, 0.25) is 0 Å². The minimum absolute atomic E-state index is 0.653. The average Bonchev–Trinajstić information content (AvgIpc) is 2.38. The normalized spacial score (nSPS) is 10.3. The summed E-state index contributed by atoms with van der Waals surface area (Å²) >= 11 is 3.35. The summed E-state index contributed by atoms with van der Waals surface area (Å²) in [5.41, 5.74) is 7.77. The van der Waals surface area contributed by atoms with E-state index in [2.05, 4.69) is 20.9 Å². The maximum Gasteiger partial charge on any atom is 0.151 e. The van der Waals surface area contributed by atoms with Gasteiger partial charge >= 0.3 is 0 Å². The molecule has 1 aromatic heterocycles. The van der Waals surface area contributed by atoms with Gasteiger partial charge in [0.25, 0.3) is 0 Å². The van der Waals surface area contributed by atoms with Crippen molar-refractivity contribution in [2.24, 2.45) is 0 Å². The Morgan fingerprint density at radius 2 is 2.16 bits per heavy atom. The van der Waals surface area contributed by atoms with Crippen LogP contribution in [-0.2, 0) is 6.54 Å². The molecule has 1 aromatic carbocycles. The van der Waals surface area contributed by atoms with Crippen molar-refractivity contribution in [2.45, 2.75) is 6.54 Å². The third-order valence-corrected chi connectivity index (χ3v) is 3.21. The van der Waals surface area contributed by atoms with E-state index in [-0.39, 0.29) is 0 Å². The smallest absolute Gasteiger partial charge is 0.151 e. The van der Waals surface area contributed by atoms with Crippen LogP contribution in [0.5, 0.6) is 5.75 Å². The molecule has 0 aliphatic heterocycles. The van der Waals surface area contributed by atoms with Crippen molar-refractivity contribution in [3.8, 4) is 5.75 Å². The lowest BCUT2D eigenvalue weighted by Crippen LogP contribution is -2.19. The van der Waals surface area contributed by atoms with Crippen molar-refractivity contribution in [1.29, 1.82) is 0 Å². The van der Waals surface area contributed by atoms with Gasteiger partial charge in [-0.25, -0.2) is 4.98 Å². The quantitative estimate of drug-likeness (QED) is 0.940. The number of benzene rings is 1. The number of nitrogens with two attached hydrogens (primary N) is 1. The molecule has 100 valence electrons. The molecule has 0 unspecified atom stereocenters. The molecule has 0 fully saturated rings. The van der Waals surface area contributed by atoms with Gasteiger partial charge < -0.3 is 15.4 Å². The van der Waals surface area contributed by atoms with Crippen LogP contribution >= 0.6 is 15.9 Å². The Morgan fingerprint density at radius 1 is 1.37 bits per heavy atom. The molecule has 0 saturated heterocycles. The number of pyridine rings is 1. The summed E-state index contributed by atoms with van der Waals surface area (Å²) in [6.07, 6.45) is 1.74. The molecule has 4 nitrogen and oxygen atoms in total. The summed E-state index contributed by atoms with van der Waals surface area (Å²) in [4.78, 5) is 6.35. The number of halogens is 1. The molecule has 0 amide bonds. The summed E-state index contributed by atoms with van der Waals surface area (Å²) in [5, 5.41) is 0. The second-order valence-electron chi connectivity index (χ2n) is 4.27. The number of anilines is 2. The number of hydrogen-bond donors (Lipinski definition) is 1. The highest BCUT2D eigenvalue weighted by Gasteiger charge is 2.08. The molecule has 0 radical (unpaired) electrons. The highest BCUT2D eigenvalue weighted by molar-refractivity contribution is 9.10. The van der Waals surface area contributed by atoms with E-state index in [4.69, 9.17) is 10.5 Å². The van der Waals surface area contributed by atoms with Crippen LogP contribution in [0, 0.1) is 0 Å². The maximum atomic E-state index is 5.97. The summed E-state index contributed by atoms with van der Waals surface area (Å²) in [6, 6.07) is 9.81. The SMILES string of the molecule is COc1cccc(CN(C)c2ncc(Br)cc2N)c1. The highest BCUT2D eigenvalue weighted by atomic mass is 79.9. The average molecular weight is 322 g/mol. The molecule has 0 saturated carbocycles. The van der Waals surface area contributed by atoms with Gasteiger partial charge in [0, 0.05) is 24.3 Å². The van der Waals surface area contributed by atoms with Gasteiger partial charge in [-0.1, -0.05) is 12.1 Å². The molecule has 0 aliphatic rings. The second-order valence-corrected chi connectivity index (χ2v) is 5.19. The van der Waals surface area contributed by atoms with Gasteiger partial charge in [-0.05, 0) is 39.7 Å². The van der Waals surface area contributed by atoms with E-state index < -0.39 is 0 Å². The Hall–Kier alpha value is -1.75. The van der Waals surface area contributed by atoms with Crippen molar-refractivity contribution in [2.75, 3.05) is 24.8 Å². The first-order chi connectivity index (χ1) is 9.10. The van der Waals surface area contributed by atoms with E-state index >= 15 is 0 Å². The Labute approximate surface area is 121 Å². The molecular formula is C14H16BrN3O. The van der Waals surface area contributed by atoms with Crippen LogP contribution in [0.4, 0.5) is 11.5 Å². The first kappa shape index (κ1) is 13.7. The lowest BCUT2D eigenvalue weighted by atomic mass is 10.2. The summed E-state index contributed by atoms with van der Waals surface area (Å²) < 4.78 is 6.09. The lowest BCUT2D eigenvalue weighted by Gasteiger charge is -2.20. The number of hydrogen-bond acceptors (Lipinski definition) is 4. The number of nitrogen functional groups attached to an aromatic ring is 1. The largest absolute Gasteiger partial charge is 0.497 e. The fourth-order valence-corrected chi connectivity index (χ4v) is 2.24. The van der Waals surface area contributed by atoms with Crippen LogP contribution in [0.3, 0.4) is 0 Å². The minimum atomic E-state index is 0.653. The molecule has 1 heterocycles. The van der Waals surface area contributed by atoms with Gasteiger partial charge in [-0.3, -0.25) is 0 Å². The number of methoxy groups -OCH3 is 1. The van der Waals surface area contributed by atoms with Gasteiger partial charge in [-0.2, -0.15) is 0 Å². The van der Waals surface area contributed by atoms with Gasteiger partial charge in [0.05, 0.1) is 12.8 Å². The number of ether oxygens (including phenoxy) is 1. The van der Waals surface area contributed by atoms with Crippen molar-refractivity contribution in [3.05, 3.63) is 46.6 Å². The van der Waals surface area contributed by atoms with Crippen LogP contribution in [-0.4, -0.2) is 19.1 Å². The zero-order chi connectivity index (χ0) is 13.8. The molecule has 2 rings (SSSR count). The van der Waals surface area contributed by atoms with Gasteiger partial charge in [0.2, 0.25) is 0 Å². The second kappa shape index (κ2) is 5.93. The van der Waals surface area contributed by atoms with Gasteiger partial charge in [-0.15, -0.1) is 0 Å². The van der Waals surface area contributed by atoms with E-state index in [0.717, 1.165) is 28.1 Å². The highest BCUT2D eigenvalue weighted by Crippen LogP contribution is 2.24. The van der Waals surface area contributed by atoms with Gasteiger partial charge in [0.1, 0.15) is 5.75 Å². The summed E-state index contributed by atoms with van der Waals surface area (Å²) in [7, 11) is 3.63. The van der Waals surface area contributed by atoms with E-state index in [0.29, 0.717) is 5.69 Å². The van der Waals surface area contributed by atoms with Crippen molar-refractivity contribution in [1.82, 2.24) is 4.98 Å². The molecule has 0 atom stereocenters. The van der Waals surface area contributed by atoms with E-state index in [1.807, 2.05) is 42.3 Å². The van der Waals surface area contributed by atoms with E-state index in [1.54, 1.807) is 13.3 Å². The third-order valence-electron chi connectivity index (χ3n) is 2.78. The molecule has 19 heavy (non-hydrogen) atoms. The number of nitrogens with zero attached hydrogens (tertiary/aromatic N) is 2. The monoisotopic (exact) mass is 321 g/mol. The Balaban J connectivity index is 2.17. The minimum Gasteiger partial charge on any atom is -0.497 e. The first-order valence-corrected chi connectivity index (χ1v) is 6.64. The van der Waals surface area contributed by atoms with Crippen molar-refractivity contribution in [3.63, 3.8) is 0 Å². The molecule has 0 aliphatic carbocycles. The van der Waals surface area contributed by atoms with Crippen LogP contribution < -0.4 is 15.4 Å². The van der Waals surface area contributed by atoms with Crippen molar-refractivity contribution >= 4 is 27.4 Å². The molecular weight excluding hydrogens is 306 g/mol. The van der Waals surface area contributed by atoms with Crippen LogP contribution in [0.25, 0.3) is 0 Å². The lowest BCUT2D eigenvalue weighted by molar-refractivity contribution is 0.414. The molecule has 5 heteroatoms. The number of rotatable bonds is 4. The Morgan fingerprint density at radius 3 is 2.84 bits per heavy atom. The fourth-order valence-electron chi connectivity index (χ4n) is 1.89. The third kappa shape index (κ3) is 3.38. The fraction of sp³-hybridized carbons (Fsp3) is 0.214. The molecule has 2 N–H and O–H groups in total. The zero-order valence-electron chi connectivity index (χ0n) is 10.9. The van der Waals surface area contributed by atoms with E-state index in [1.165, 1.54) is 0 Å². The molecule has 0 bridgehead atoms.